The van der Waals surface area contributed by atoms with E-state index in [4.69, 9.17) is 22.1 Å². The summed E-state index contributed by atoms with van der Waals surface area (Å²) >= 11 is 7.46. The van der Waals surface area contributed by atoms with E-state index in [1.54, 1.807) is 35.0 Å². The van der Waals surface area contributed by atoms with Crippen molar-refractivity contribution in [2.24, 2.45) is 5.73 Å². The van der Waals surface area contributed by atoms with Gasteiger partial charge in [-0.3, -0.25) is 4.79 Å². The number of aliphatic hydroxyl groups is 1. The summed E-state index contributed by atoms with van der Waals surface area (Å²) in [5.74, 6) is -0.210. The number of nitrogens with two attached hydrogens (primary N) is 1. The molecule has 1 amide bonds. The normalized spacial score (nSPS) is 12.2. The van der Waals surface area contributed by atoms with Crippen LogP contribution in [-0.4, -0.2) is 25.6 Å². The molecule has 148 valence electrons. The van der Waals surface area contributed by atoms with Crippen LogP contribution in [0.1, 0.15) is 34.0 Å². The van der Waals surface area contributed by atoms with Gasteiger partial charge in [0.15, 0.2) is 5.65 Å². The van der Waals surface area contributed by atoms with E-state index in [0.29, 0.717) is 32.7 Å². The van der Waals surface area contributed by atoms with Crippen LogP contribution < -0.4 is 10.5 Å². The van der Waals surface area contributed by atoms with Gasteiger partial charge in [-0.25, -0.2) is 9.50 Å². The van der Waals surface area contributed by atoms with Crippen LogP contribution >= 0.6 is 22.9 Å². The summed E-state index contributed by atoms with van der Waals surface area (Å²) in [5, 5.41) is 14.3. The highest BCUT2D eigenvalue weighted by Crippen LogP contribution is 2.38. The number of primary amides is 1. The summed E-state index contributed by atoms with van der Waals surface area (Å²) in [7, 11) is 0. The third-order valence-corrected chi connectivity index (χ3v) is 5.90. The molecule has 4 aromatic rings. The van der Waals surface area contributed by atoms with E-state index in [0.717, 1.165) is 10.4 Å². The number of rotatable bonds is 6. The Kier molecular flexibility index (Phi) is 5.23. The van der Waals surface area contributed by atoms with Gasteiger partial charge in [-0.1, -0.05) is 29.8 Å². The molecule has 1 aromatic carbocycles. The number of carbonyl (C=O) groups is 1. The van der Waals surface area contributed by atoms with Crippen LogP contribution in [0.4, 0.5) is 0 Å². The highest BCUT2D eigenvalue weighted by molar-refractivity contribution is 7.17. The fourth-order valence-corrected chi connectivity index (χ4v) is 4.21. The highest BCUT2D eigenvalue weighted by Gasteiger charge is 2.21. The smallest absolute Gasteiger partial charge is 0.262 e. The molecule has 0 aliphatic heterocycles. The summed E-state index contributed by atoms with van der Waals surface area (Å²) < 4.78 is 7.66. The van der Waals surface area contributed by atoms with Crippen LogP contribution in [0.5, 0.6) is 5.75 Å². The van der Waals surface area contributed by atoms with E-state index >= 15 is 0 Å². The van der Waals surface area contributed by atoms with Crippen LogP contribution in [0.15, 0.2) is 48.7 Å². The number of aliphatic hydroxyl groups excluding tert-OH is 1. The van der Waals surface area contributed by atoms with Crippen LogP contribution in [0.2, 0.25) is 5.02 Å². The quantitative estimate of drug-likeness (QED) is 0.485. The number of aromatic nitrogens is 3. The summed E-state index contributed by atoms with van der Waals surface area (Å²) in [5.41, 5.74) is 8.18. The number of fused-ring (bicyclic) bond motifs is 1. The fraction of sp³-hybridized carbons (Fsp3) is 0.150. The van der Waals surface area contributed by atoms with Gasteiger partial charge in [0.1, 0.15) is 22.4 Å². The van der Waals surface area contributed by atoms with Crippen molar-refractivity contribution in [3.05, 3.63) is 69.8 Å². The van der Waals surface area contributed by atoms with Crippen LogP contribution in [0, 0.1) is 0 Å². The zero-order chi connectivity index (χ0) is 20.5. The second-order valence-corrected chi connectivity index (χ2v) is 7.81. The molecule has 3 N–H and O–H groups in total. The summed E-state index contributed by atoms with van der Waals surface area (Å²) in [6.07, 6.45) is 1.27. The second-order valence-electron chi connectivity index (χ2n) is 6.35. The standard InChI is InChI=1S/C20H17ClN4O3S/c1-11(13-4-2-3-5-14(13)21)28-16-8-17(29-19(16)20(22)27)15-9-23-18-7-6-12(10-26)24-25(15)18/h2-9,11,26H,10H2,1H3,(H2,22,27). The molecule has 3 aromatic heterocycles. The van der Waals surface area contributed by atoms with E-state index in [1.807, 2.05) is 25.1 Å². The minimum atomic E-state index is -0.583. The van der Waals surface area contributed by atoms with E-state index in [-0.39, 0.29) is 12.7 Å². The maximum atomic E-state index is 12.0. The Labute approximate surface area is 175 Å². The maximum Gasteiger partial charge on any atom is 0.262 e. The Morgan fingerprint density at radius 2 is 2.14 bits per heavy atom. The number of hydrogen-bond acceptors (Lipinski definition) is 6. The Hall–Kier alpha value is -2.94. The minimum absolute atomic E-state index is 0.186. The predicted molar refractivity (Wildman–Crippen MR) is 111 cm³/mol. The van der Waals surface area contributed by atoms with Gasteiger partial charge in [0.2, 0.25) is 0 Å². The number of thiophene rings is 1. The lowest BCUT2D eigenvalue weighted by molar-refractivity contribution is 0.0998. The highest BCUT2D eigenvalue weighted by atomic mass is 35.5. The van der Waals surface area contributed by atoms with Crippen molar-refractivity contribution in [1.29, 1.82) is 0 Å². The van der Waals surface area contributed by atoms with Crippen LogP contribution in [-0.2, 0) is 6.61 Å². The number of benzene rings is 1. The molecule has 1 unspecified atom stereocenters. The van der Waals surface area contributed by atoms with E-state index in [2.05, 4.69) is 10.1 Å². The average Bonchev–Trinajstić information content (AvgIpc) is 3.31. The third-order valence-electron chi connectivity index (χ3n) is 4.40. The van der Waals surface area contributed by atoms with Gasteiger partial charge in [-0.15, -0.1) is 11.3 Å². The Balaban J connectivity index is 1.74. The number of carbonyl (C=O) groups excluding carboxylic acids is 1. The predicted octanol–water partition coefficient (Wildman–Crippen LogP) is 3.84. The summed E-state index contributed by atoms with van der Waals surface area (Å²) in [4.78, 5) is 17.4. The van der Waals surface area contributed by atoms with Crippen molar-refractivity contribution >= 4 is 34.5 Å². The number of ether oxygens (including phenoxy) is 1. The molecule has 29 heavy (non-hydrogen) atoms. The van der Waals surface area contributed by atoms with E-state index in [1.165, 1.54) is 11.3 Å². The monoisotopic (exact) mass is 428 g/mol. The first-order chi connectivity index (χ1) is 14.0. The average molecular weight is 429 g/mol. The third kappa shape index (κ3) is 3.69. The van der Waals surface area contributed by atoms with Gasteiger partial charge in [0.25, 0.3) is 5.91 Å². The number of amides is 1. The lowest BCUT2D eigenvalue weighted by atomic mass is 10.1. The molecule has 0 fully saturated rings. The lowest BCUT2D eigenvalue weighted by Crippen LogP contribution is -2.12. The fourth-order valence-electron chi connectivity index (χ4n) is 2.98. The van der Waals surface area contributed by atoms with Crippen molar-refractivity contribution in [3.63, 3.8) is 0 Å². The molecule has 3 heterocycles. The lowest BCUT2D eigenvalue weighted by Gasteiger charge is -2.16. The zero-order valence-corrected chi connectivity index (χ0v) is 16.9. The molecule has 0 saturated carbocycles. The molecule has 7 nitrogen and oxygen atoms in total. The van der Waals surface area contributed by atoms with Crippen molar-refractivity contribution < 1.29 is 14.6 Å². The molecule has 4 rings (SSSR count). The number of halogens is 1. The molecular formula is C20H17ClN4O3S. The first-order valence-corrected chi connectivity index (χ1v) is 9.97. The molecule has 0 aliphatic rings. The molecule has 0 aliphatic carbocycles. The van der Waals surface area contributed by atoms with Gasteiger partial charge in [0.05, 0.1) is 23.4 Å². The van der Waals surface area contributed by atoms with Gasteiger partial charge >= 0.3 is 0 Å². The Bertz CT molecular complexity index is 1200. The topological polar surface area (TPSA) is 103 Å². The first kappa shape index (κ1) is 19.4. The van der Waals surface area contributed by atoms with Crippen LogP contribution in [0.25, 0.3) is 16.2 Å². The summed E-state index contributed by atoms with van der Waals surface area (Å²) in [6, 6.07) is 12.6. The molecule has 9 heteroatoms. The Morgan fingerprint density at radius 1 is 1.34 bits per heavy atom. The number of nitrogens with zero attached hydrogens (tertiary/aromatic N) is 3. The summed E-state index contributed by atoms with van der Waals surface area (Å²) in [6.45, 7) is 1.67. The maximum absolute atomic E-state index is 12.0. The first-order valence-electron chi connectivity index (χ1n) is 8.77. The zero-order valence-electron chi connectivity index (χ0n) is 15.4. The van der Waals surface area contributed by atoms with Gasteiger partial charge < -0.3 is 15.6 Å². The van der Waals surface area contributed by atoms with Crippen molar-refractivity contribution in [1.82, 2.24) is 14.6 Å². The molecule has 1 atom stereocenters. The molecule has 0 spiro atoms. The Morgan fingerprint density at radius 3 is 2.86 bits per heavy atom. The van der Waals surface area contributed by atoms with Crippen LogP contribution in [0.3, 0.4) is 0 Å². The molecule has 0 radical (unpaired) electrons. The number of hydrogen-bond donors (Lipinski definition) is 2. The second kappa shape index (κ2) is 7.82. The molecular weight excluding hydrogens is 412 g/mol. The van der Waals surface area contributed by atoms with E-state index in [9.17, 15) is 9.90 Å². The van der Waals surface area contributed by atoms with Gasteiger partial charge in [-0.05, 0) is 25.1 Å². The van der Waals surface area contributed by atoms with Crippen molar-refractivity contribution in [3.8, 4) is 16.3 Å². The largest absolute Gasteiger partial charge is 0.484 e. The SMILES string of the molecule is CC(Oc1cc(-c2cnc3ccc(CO)nn23)sc1C(N)=O)c1ccccc1Cl. The molecule has 0 saturated heterocycles. The number of imidazole rings is 1. The van der Waals surface area contributed by atoms with Crippen molar-refractivity contribution in [2.75, 3.05) is 0 Å². The minimum Gasteiger partial charge on any atom is -0.484 e. The van der Waals surface area contributed by atoms with Gasteiger partial charge in [0, 0.05) is 16.7 Å². The van der Waals surface area contributed by atoms with E-state index < -0.39 is 5.91 Å². The van der Waals surface area contributed by atoms with Crippen molar-refractivity contribution in [2.45, 2.75) is 19.6 Å². The van der Waals surface area contributed by atoms with Gasteiger partial charge in [-0.2, -0.15) is 5.10 Å². The molecule has 0 bridgehead atoms.